The first kappa shape index (κ1) is 18.2. The number of hydrogen-bond acceptors (Lipinski definition) is 4. The molecule has 0 saturated heterocycles. The molecule has 1 aromatic heterocycles. The SMILES string of the molecule is CSc1cccc2c(C(=O)Nc3ccc(C)cc3Cl)c(O)n(C(N)=O)c12. The van der Waals surface area contributed by atoms with Crippen LogP contribution in [0.3, 0.4) is 0 Å². The number of thioether (sulfide) groups is 1. The molecule has 8 heteroatoms. The molecule has 0 aliphatic heterocycles. The number of halogens is 1. The summed E-state index contributed by atoms with van der Waals surface area (Å²) < 4.78 is 0.937. The van der Waals surface area contributed by atoms with Gasteiger partial charge in [-0.2, -0.15) is 0 Å². The van der Waals surface area contributed by atoms with Crippen LogP contribution in [0.5, 0.6) is 5.88 Å². The smallest absolute Gasteiger partial charge is 0.326 e. The van der Waals surface area contributed by atoms with Gasteiger partial charge in [0.25, 0.3) is 5.91 Å². The number of aromatic nitrogens is 1. The van der Waals surface area contributed by atoms with Crippen LogP contribution in [0.15, 0.2) is 41.3 Å². The van der Waals surface area contributed by atoms with Crippen LogP contribution < -0.4 is 11.1 Å². The van der Waals surface area contributed by atoms with Crippen LogP contribution in [-0.4, -0.2) is 27.9 Å². The van der Waals surface area contributed by atoms with Crippen LogP contribution in [0.2, 0.25) is 5.02 Å². The molecule has 2 aromatic carbocycles. The van der Waals surface area contributed by atoms with Gasteiger partial charge in [-0.05, 0) is 36.9 Å². The lowest BCUT2D eigenvalue weighted by Crippen LogP contribution is -2.19. The predicted octanol–water partition coefficient (Wildman–Crippen LogP) is 4.21. The number of aryl methyl sites for hydroxylation is 1. The van der Waals surface area contributed by atoms with Crippen molar-refractivity contribution in [2.45, 2.75) is 11.8 Å². The van der Waals surface area contributed by atoms with E-state index in [1.165, 1.54) is 11.8 Å². The molecular formula is C18H16ClN3O3S. The van der Waals surface area contributed by atoms with Gasteiger partial charge in [-0.3, -0.25) is 4.79 Å². The fraction of sp³-hybridized carbons (Fsp3) is 0.111. The largest absolute Gasteiger partial charge is 0.494 e. The third-order valence-electron chi connectivity index (χ3n) is 3.97. The Hall–Kier alpha value is -2.64. The van der Waals surface area contributed by atoms with Crippen molar-refractivity contribution in [1.82, 2.24) is 4.57 Å². The van der Waals surface area contributed by atoms with Gasteiger partial charge in [0.05, 0.1) is 16.2 Å². The lowest BCUT2D eigenvalue weighted by Gasteiger charge is -2.08. The molecule has 0 unspecified atom stereocenters. The van der Waals surface area contributed by atoms with Gasteiger partial charge in [0, 0.05) is 10.3 Å². The Morgan fingerprint density at radius 1 is 1.27 bits per heavy atom. The monoisotopic (exact) mass is 389 g/mol. The summed E-state index contributed by atoms with van der Waals surface area (Å²) in [5, 5.41) is 14.0. The maximum atomic E-state index is 12.8. The number of nitrogens with two attached hydrogens (primary N) is 1. The highest BCUT2D eigenvalue weighted by Crippen LogP contribution is 2.37. The molecule has 0 aliphatic rings. The van der Waals surface area contributed by atoms with Gasteiger partial charge in [0.15, 0.2) is 0 Å². The molecular weight excluding hydrogens is 374 g/mol. The first-order valence-electron chi connectivity index (χ1n) is 7.62. The number of para-hydroxylation sites is 1. The van der Waals surface area contributed by atoms with Crippen LogP contribution in [0.25, 0.3) is 10.9 Å². The zero-order valence-corrected chi connectivity index (χ0v) is 15.6. The van der Waals surface area contributed by atoms with E-state index < -0.39 is 17.8 Å². The number of hydrogen-bond donors (Lipinski definition) is 3. The Morgan fingerprint density at radius 2 is 2.00 bits per heavy atom. The zero-order valence-electron chi connectivity index (χ0n) is 14.0. The van der Waals surface area contributed by atoms with Crippen molar-refractivity contribution in [3.8, 4) is 5.88 Å². The summed E-state index contributed by atoms with van der Waals surface area (Å²) in [4.78, 5) is 25.4. The van der Waals surface area contributed by atoms with Crippen molar-refractivity contribution in [2.24, 2.45) is 5.73 Å². The second-order valence-corrected chi connectivity index (χ2v) is 6.92. The Morgan fingerprint density at radius 3 is 2.62 bits per heavy atom. The topological polar surface area (TPSA) is 97.3 Å². The second kappa shape index (κ2) is 6.93. The molecule has 0 atom stereocenters. The van der Waals surface area contributed by atoms with E-state index in [9.17, 15) is 14.7 Å². The molecule has 6 nitrogen and oxygen atoms in total. The standard InChI is InChI=1S/C18H16ClN3O3S/c1-9-6-7-12(11(19)8-9)21-16(23)14-10-4-3-5-13(26-2)15(10)22(17(14)24)18(20)25/h3-8,24H,1-2H3,(H2,20,25)(H,21,23). The van der Waals surface area contributed by atoms with Crippen molar-refractivity contribution in [3.63, 3.8) is 0 Å². The van der Waals surface area contributed by atoms with Crippen LogP contribution in [0.4, 0.5) is 10.5 Å². The summed E-state index contributed by atoms with van der Waals surface area (Å²) in [6, 6.07) is 9.50. The van der Waals surface area contributed by atoms with Crippen LogP contribution >= 0.6 is 23.4 Å². The van der Waals surface area contributed by atoms with E-state index in [4.69, 9.17) is 17.3 Å². The van der Waals surface area contributed by atoms with Gasteiger partial charge in [0.1, 0.15) is 5.56 Å². The van der Waals surface area contributed by atoms with E-state index in [1.807, 2.05) is 13.2 Å². The van der Waals surface area contributed by atoms with Gasteiger partial charge in [-0.1, -0.05) is 29.8 Å². The van der Waals surface area contributed by atoms with Gasteiger partial charge in [-0.25, -0.2) is 9.36 Å². The third-order valence-corrected chi connectivity index (χ3v) is 5.05. The lowest BCUT2D eigenvalue weighted by molar-refractivity contribution is 0.102. The molecule has 134 valence electrons. The number of amides is 2. The van der Waals surface area contributed by atoms with Crippen molar-refractivity contribution in [1.29, 1.82) is 0 Å². The van der Waals surface area contributed by atoms with Gasteiger partial charge < -0.3 is 16.2 Å². The van der Waals surface area contributed by atoms with Gasteiger partial charge >= 0.3 is 6.03 Å². The average Bonchev–Trinajstić information content (AvgIpc) is 2.89. The van der Waals surface area contributed by atoms with Crippen molar-refractivity contribution in [2.75, 3.05) is 11.6 Å². The van der Waals surface area contributed by atoms with Crippen molar-refractivity contribution < 1.29 is 14.7 Å². The molecule has 0 aliphatic carbocycles. The number of benzene rings is 2. The number of anilines is 1. The summed E-state index contributed by atoms with van der Waals surface area (Å²) in [6.45, 7) is 1.88. The molecule has 2 amide bonds. The maximum absolute atomic E-state index is 12.8. The fourth-order valence-electron chi connectivity index (χ4n) is 2.80. The first-order chi connectivity index (χ1) is 12.3. The molecule has 3 rings (SSSR count). The summed E-state index contributed by atoms with van der Waals surface area (Å²) >= 11 is 7.54. The van der Waals surface area contributed by atoms with Crippen LogP contribution in [0.1, 0.15) is 15.9 Å². The lowest BCUT2D eigenvalue weighted by atomic mass is 10.1. The van der Waals surface area contributed by atoms with Gasteiger partial charge in [0.2, 0.25) is 5.88 Å². The summed E-state index contributed by atoms with van der Waals surface area (Å²) in [5.41, 5.74) is 7.13. The Kier molecular flexibility index (Phi) is 4.84. The summed E-state index contributed by atoms with van der Waals surface area (Å²) in [7, 11) is 0. The molecule has 26 heavy (non-hydrogen) atoms. The fourth-order valence-corrected chi connectivity index (χ4v) is 3.69. The third kappa shape index (κ3) is 3.00. The van der Waals surface area contributed by atoms with E-state index in [-0.39, 0.29) is 5.56 Å². The quantitative estimate of drug-likeness (QED) is 0.584. The van der Waals surface area contributed by atoms with Crippen LogP contribution in [0, 0.1) is 6.92 Å². The minimum Gasteiger partial charge on any atom is -0.494 e. The Bertz CT molecular complexity index is 1050. The van der Waals surface area contributed by atoms with Crippen LogP contribution in [-0.2, 0) is 0 Å². The average molecular weight is 390 g/mol. The molecule has 1 heterocycles. The molecule has 4 N–H and O–H groups in total. The number of primary amides is 1. The molecule has 0 bridgehead atoms. The number of rotatable bonds is 3. The molecule has 0 radical (unpaired) electrons. The minimum absolute atomic E-state index is 0.0358. The van der Waals surface area contributed by atoms with E-state index >= 15 is 0 Å². The number of nitrogens with zero attached hydrogens (tertiary/aromatic N) is 1. The predicted molar refractivity (Wildman–Crippen MR) is 105 cm³/mol. The molecule has 0 spiro atoms. The zero-order chi connectivity index (χ0) is 19.0. The Labute approximate surface area is 158 Å². The summed E-state index contributed by atoms with van der Waals surface area (Å²) in [5.74, 6) is -1.09. The van der Waals surface area contributed by atoms with E-state index in [0.29, 0.717) is 26.5 Å². The molecule has 0 saturated carbocycles. The molecule has 3 aromatic rings. The molecule has 0 fully saturated rings. The highest BCUT2D eigenvalue weighted by Gasteiger charge is 2.26. The first-order valence-corrected chi connectivity index (χ1v) is 9.23. The highest BCUT2D eigenvalue weighted by molar-refractivity contribution is 7.98. The normalized spacial score (nSPS) is 10.9. The number of nitrogens with one attached hydrogen (secondary N) is 1. The van der Waals surface area contributed by atoms with E-state index in [1.54, 1.807) is 36.4 Å². The van der Waals surface area contributed by atoms with E-state index in [2.05, 4.69) is 5.32 Å². The van der Waals surface area contributed by atoms with Gasteiger partial charge in [-0.15, -0.1) is 11.8 Å². The summed E-state index contributed by atoms with van der Waals surface area (Å²) in [6.07, 6.45) is 1.83. The highest BCUT2D eigenvalue weighted by atomic mass is 35.5. The van der Waals surface area contributed by atoms with E-state index in [0.717, 1.165) is 10.1 Å². The number of carbonyl (C=O) groups is 2. The van der Waals surface area contributed by atoms with Crippen molar-refractivity contribution >= 4 is 51.9 Å². The van der Waals surface area contributed by atoms with Crippen molar-refractivity contribution in [3.05, 3.63) is 52.5 Å². The Balaban J connectivity index is 2.17. The number of aromatic hydroxyl groups is 1. The number of fused-ring (bicyclic) bond motifs is 1. The minimum atomic E-state index is -0.874. The second-order valence-electron chi connectivity index (χ2n) is 5.67. The number of carbonyl (C=O) groups excluding carboxylic acids is 2. The maximum Gasteiger partial charge on any atom is 0.326 e.